The Morgan fingerprint density at radius 3 is 1.44 bits per heavy atom. The highest BCUT2D eigenvalue weighted by atomic mass is 16.4. The van der Waals surface area contributed by atoms with E-state index in [1.54, 1.807) is 0 Å². The third kappa shape index (κ3) is 20.9. The SMILES string of the molecule is CC(C)[C@H](NC(=O)[C@H](CCC(N)=O)NC(=O)[C@@H](NC(=O)[C@H](CCC(=O)O)NC(=O)[C@H](CCC[NH+]=C(N)N)NC(=O)[C@@H]([NH3+])CCC[NH+]=C(N)N)[C@@H](C)O)C(=O)O. The van der Waals surface area contributed by atoms with Crippen molar-refractivity contribution in [2.24, 2.45) is 34.6 Å². The summed E-state index contributed by atoms with van der Waals surface area (Å²) < 4.78 is 0. The molecule has 0 aromatic heterocycles. The Morgan fingerprint density at radius 1 is 0.582 bits per heavy atom. The van der Waals surface area contributed by atoms with E-state index in [-0.39, 0.29) is 44.1 Å². The molecule has 0 aliphatic carbocycles. The summed E-state index contributed by atoms with van der Waals surface area (Å²) in [6, 6.07) is -8.45. The third-order valence-electron chi connectivity index (χ3n) is 7.95. The van der Waals surface area contributed by atoms with Gasteiger partial charge in [-0.3, -0.25) is 66.5 Å². The van der Waals surface area contributed by atoms with E-state index in [9.17, 15) is 53.7 Å². The monoisotopic (exact) mass is 790 g/mol. The van der Waals surface area contributed by atoms with Crippen molar-refractivity contribution < 1.29 is 69.4 Å². The number of carboxylic acid groups (broad SMARTS) is 2. The predicted molar refractivity (Wildman–Crippen MR) is 193 cm³/mol. The number of carbonyl (C=O) groups is 8. The number of aliphatic hydroxyl groups excluding tert-OH is 1. The van der Waals surface area contributed by atoms with E-state index in [0.717, 1.165) is 6.92 Å². The van der Waals surface area contributed by atoms with Gasteiger partial charge in [0.15, 0.2) is 6.04 Å². The van der Waals surface area contributed by atoms with Gasteiger partial charge < -0.3 is 53.4 Å². The van der Waals surface area contributed by atoms with E-state index in [1.165, 1.54) is 13.8 Å². The smallest absolute Gasteiger partial charge is 0.338 e. The van der Waals surface area contributed by atoms with Crippen molar-refractivity contribution >= 4 is 59.3 Å². The lowest BCUT2D eigenvalue weighted by molar-refractivity contribution is -0.463. The lowest BCUT2D eigenvalue weighted by Crippen LogP contribution is -2.78. The number of aliphatic hydroxyl groups is 1. The Bertz CT molecular complexity index is 1400. The van der Waals surface area contributed by atoms with Gasteiger partial charge in [-0.1, -0.05) is 13.8 Å². The molecule has 24 nitrogen and oxygen atoms in total. The number of amides is 6. The summed E-state index contributed by atoms with van der Waals surface area (Å²) in [5.74, 6) is -8.98. The van der Waals surface area contributed by atoms with Crippen LogP contribution >= 0.6 is 0 Å². The molecule has 6 amide bonds. The van der Waals surface area contributed by atoms with Crippen molar-refractivity contribution in [1.29, 1.82) is 0 Å². The zero-order valence-electron chi connectivity index (χ0n) is 31.4. The number of nitrogens with two attached hydrogens (primary N) is 5. The van der Waals surface area contributed by atoms with Crippen LogP contribution in [-0.2, 0) is 38.4 Å². The molecular weight excluding hydrogens is 730 g/mol. The van der Waals surface area contributed by atoms with Crippen molar-refractivity contribution in [1.82, 2.24) is 26.6 Å². The van der Waals surface area contributed by atoms with Crippen LogP contribution in [0.2, 0.25) is 0 Å². The highest BCUT2D eigenvalue weighted by molar-refractivity contribution is 5.96. The lowest BCUT2D eigenvalue weighted by atomic mass is 10.0. The summed E-state index contributed by atoms with van der Waals surface area (Å²) in [5.41, 5.74) is 30.6. The van der Waals surface area contributed by atoms with E-state index < -0.39 is 115 Å². The molecule has 0 rings (SSSR count). The normalized spacial score (nSPS) is 14.7. The highest BCUT2D eigenvalue weighted by Gasteiger charge is 2.35. The molecule has 0 unspecified atom stereocenters. The van der Waals surface area contributed by atoms with Crippen LogP contribution < -0.4 is 71.0 Å². The average molecular weight is 791 g/mol. The zero-order chi connectivity index (χ0) is 42.4. The molecule has 24 heteroatoms. The molecule has 0 fully saturated rings. The van der Waals surface area contributed by atoms with E-state index in [2.05, 4.69) is 42.3 Å². The van der Waals surface area contributed by atoms with E-state index in [0.29, 0.717) is 13.0 Å². The van der Waals surface area contributed by atoms with E-state index >= 15 is 0 Å². The number of carbonyl (C=O) groups excluding carboxylic acids is 6. The average Bonchev–Trinajstić information content (AvgIpc) is 3.07. The number of primary amides is 1. The molecule has 0 bridgehead atoms. The zero-order valence-corrected chi connectivity index (χ0v) is 31.4. The van der Waals surface area contributed by atoms with Crippen LogP contribution in [-0.4, -0.2) is 130 Å². The molecule has 0 saturated heterocycles. The van der Waals surface area contributed by atoms with Crippen LogP contribution in [0.3, 0.4) is 0 Å². The lowest BCUT2D eigenvalue weighted by Gasteiger charge is -2.28. The molecule has 0 aliphatic heterocycles. The van der Waals surface area contributed by atoms with Crippen molar-refractivity contribution in [3.05, 3.63) is 0 Å². The van der Waals surface area contributed by atoms with Gasteiger partial charge in [0.1, 0.15) is 30.2 Å². The fraction of sp³-hybridized carbons (Fsp3) is 0.677. The molecule has 0 saturated carbocycles. The van der Waals surface area contributed by atoms with Gasteiger partial charge in [-0.05, 0) is 44.9 Å². The molecule has 0 radical (unpaired) electrons. The topological polar surface area (TPSA) is 443 Å². The van der Waals surface area contributed by atoms with Gasteiger partial charge in [-0.25, -0.2) is 4.79 Å². The Morgan fingerprint density at radius 2 is 1.00 bits per heavy atom. The van der Waals surface area contributed by atoms with Gasteiger partial charge in [-0.2, -0.15) is 0 Å². The molecule has 23 N–H and O–H groups in total. The summed E-state index contributed by atoms with van der Waals surface area (Å²) >= 11 is 0. The van der Waals surface area contributed by atoms with Crippen molar-refractivity contribution in [3.8, 4) is 0 Å². The standard InChI is InChI=1S/C31H57N13O11/c1-14(2)22(29(54)55)43-26(51)18(8-10-20(33)46)42-28(53)23(15(3)45)44-27(52)19(9-11-21(47)48)41-25(50)17(7-5-13-39-31(36)37)40-24(49)16(32)6-4-12-38-30(34)35/h14-19,22-23,45H,4-13,32H2,1-3H3,(H2,33,46)(H,40,49)(H,41,50)(H,42,53)(H,43,51)(H,44,52)(H,47,48)(H,54,55)(H4,34,35,38)(H4,36,37,39)/p+3/t15-,16+,17+,18+,19+,22+,23+/m1/s1. The minimum absolute atomic E-state index is 0.00257. The fourth-order valence-corrected chi connectivity index (χ4v) is 4.86. The summed E-state index contributed by atoms with van der Waals surface area (Å²) in [7, 11) is 0. The second-order valence-electron chi connectivity index (χ2n) is 13.2. The van der Waals surface area contributed by atoms with Crippen molar-refractivity contribution in [2.45, 2.75) is 114 Å². The molecule has 55 heavy (non-hydrogen) atoms. The molecule has 0 aliphatic rings. The fourth-order valence-electron chi connectivity index (χ4n) is 4.86. The van der Waals surface area contributed by atoms with Gasteiger partial charge in [0.05, 0.1) is 19.2 Å². The van der Waals surface area contributed by atoms with Gasteiger partial charge in [0.2, 0.25) is 29.5 Å². The van der Waals surface area contributed by atoms with E-state index in [1.807, 2.05) is 0 Å². The number of rotatable bonds is 27. The number of quaternary nitrogens is 1. The van der Waals surface area contributed by atoms with Crippen LogP contribution in [0.1, 0.15) is 72.1 Å². The number of guanidine groups is 2. The summed E-state index contributed by atoms with van der Waals surface area (Å²) in [4.78, 5) is 107. The van der Waals surface area contributed by atoms with Crippen LogP contribution in [0.25, 0.3) is 0 Å². The van der Waals surface area contributed by atoms with Crippen molar-refractivity contribution in [3.63, 3.8) is 0 Å². The highest BCUT2D eigenvalue weighted by Crippen LogP contribution is 2.08. The predicted octanol–water partition coefficient (Wildman–Crippen LogP) is -10.5. The number of carboxylic acids is 2. The van der Waals surface area contributed by atoms with Gasteiger partial charge in [-0.15, -0.1) is 0 Å². The molecule has 0 spiro atoms. The minimum atomic E-state index is -1.81. The van der Waals surface area contributed by atoms with Crippen LogP contribution in [0, 0.1) is 5.92 Å². The summed E-state index contributed by atoms with van der Waals surface area (Å²) in [6.07, 6.45) is -2.61. The molecule has 0 aromatic rings. The number of hydrogen-bond acceptors (Lipinski definition) is 9. The van der Waals surface area contributed by atoms with Gasteiger partial charge in [0.25, 0.3) is 5.91 Å². The molecular formula is C31H60N13O11+3. The Kier molecular flexibility index (Phi) is 22.6. The third-order valence-corrected chi connectivity index (χ3v) is 7.95. The number of hydrogen-bond donors (Lipinski definition) is 16. The first-order valence-electron chi connectivity index (χ1n) is 17.6. The Hall–Kier alpha value is -5.78. The molecule has 0 aromatic carbocycles. The first-order chi connectivity index (χ1) is 25.6. The quantitative estimate of drug-likeness (QED) is 0.0209. The second-order valence-corrected chi connectivity index (χ2v) is 13.2. The Balaban J connectivity index is 6.25. The molecule has 0 heterocycles. The number of aliphatic carboxylic acids is 2. The van der Waals surface area contributed by atoms with Crippen molar-refractivity contribution in [2.75, 3.05) is 13.1 Å². The summed E-state index contributed by atoms with van der Waals surface area (Å²) in [6.45, 7) is 4.71. The summed E-state index contributed by atoms with van der Waals surface area (Å²) in [5, 5.41) is 41.1. The van der Waals surface area contributed by atoms with Crippen LogP contribution in [0.5, 0.6) is 0 Å². The maximum absolute atomic E-state index is 13.6. The van der Waals surface area contributed by atoms with Crippen LogP contribution in [0.4, 0.5) is 0 Å². The number of nitrogens with one attached hydrogen (secondary N) is 7. The minimum Gasteiger partial charge on any atom is -0.481 e. The first kappa shape index (κ1) is 49.2. The Labute approximate surface area is 317 Å². The van der Waals surface area contributed by atoms with Crippen LogP contribution in [0.15, 0.2) is 0 Å². The maximum Gasteiger partial charge on any atom is 0.338 e. The largest absolute Gasteiger partial charge is 0.481 e. The van der Waals surface area contributed by atoms with Gasteiger partial charge in [0, 0.05) is 19.3 Å². The van der Waals surface area contributed by atoms with E-state index in [4.69, 9.17) is 28.7 Å². The molecule has 7 atom stereocenters. The molecule has 312 valence electrons. The maximum atomic E-state index is 13.6. The first-order valence-corrected chi connectivity index (χ1v) is 17.6. The second kappa shape index (κ2) is 25.3. The van der Waals surface area contributed by atoms with Gasteiger partial charge >= 0.3 is 23.9 Å².